The highest BCUT2D eigenvalue weighted by molar-refractivity contribution is 6.28. The highest BCUT2D eigenvalue weighted by Crippen LogP contribution is 2.33. The maximum atomic E-state index is 5.67. The lowest BCUT2D eigenvalue weighted by molar-refractivity contribution is 0.255. The maximum absolute atomic E-state index is 5.67. The molecule has 144 valence electrons. The van der Waals surface area contributed by atoms with Gasteiger partial charge in [-0.25, -0.2) is 4.99 Å². The molecule has 1 aliphatic heterocycles. The lowest BCUT2D eigenvalue weighted by Gasteiger charge is -2.29. The predicted octanol–water partition coefficient (Wildman–Crippen LogP) is 3.53. The second-order valence-corrected chi connectivity index (χ2v) is 6.92. The topological polar surface area (TPSA) is 60.1 Å². The zero-order chi connectivity index (χ0) is 19.2. The summed E-state index contributed by atoms with van der Waals surface area (Å²) in [6.07, 6.45) is 2.03. The second kappa shape index (κ2) is 9.11. The van der Waals surface area contributed by atoms with Gasteiger partial charge in [-0.1, -0.05) is 12.1 Å². The van der Waals surface area contributed by atoms with Crippen LogP contribution in [0, 0.1) is 0 Å². The highest BCUT2D eigenvalue weighted by Gasteiger charge is 2.19. The third kappa shape index (κ3) is 4.93. The third-order valence-electron chi connectivity index (χ3n) is 4.86. The Hall–Kier alpha value is -2.24. The van der Waals surface area contributed by atoms with Crippen LogP contribution in [0.5, 0.6) is 11.5 Å². The lowest BCUT2D eigenvalue weighted by Crippen LogP contribution is -2.32. The third-order valence-corrected chi connectivity index (χ3v) is 5.13. The van der Waals surface area contributed by atoms with E-state index in [4.69, 9.17) is 26.8 Å². The summed E-state index contributed by atoms with van der Waals surface area (Å²) in [5, 5.41) is 0. The number of hydrogen-bond acceptors (Lipinski definition) is 4. The molecule has 2 N–H and O–H groups in total. The van der Waals surface area contributed by atoms with Gasteiger partial charge in [0, 0.05) is 19.6 Å². The van der Waals surface area contributed by atoms with Crippen LogP contribution in [0.3, 0.4) is 0 Å². The van der Waals surface area contributed by atoms with Gasteiger partial charge in [0.15, 0.2) is 11.5 Å². The monoisotopic (exact) mass is 387 g/mol. The summed E-state index contributed by atoms with van der Waals surface area (Å²) < 4.78 is 10.9. The standard InChI is InChI=1S/C21H26ClN3O2/c1-26-19-11-16-8-10-25(14-17(16)12-20(19)27-2)9-7-15-3-5-18(6-4-15)24-21(23)13-22/h3-6,11-12H,7-10,13-14H2,1-2H3,(H2,23,24). The van der Waals surface area contributed by atoms with Gasteiger partial charge in [0.1, 0.15) is 5.84 Å². The fraction of sp³-hybridized carbons (Fsp3) is 0.381. The van der Waals surface area contributed by atoms with Gasteiger partial charge >= 0.3 is 0 Å². The van der Waals surface area contributed by atoms with Crippen LogP contribution in [-0.4, -0.2) is 43.9 Å². The quantitative estimate of drug-likeness (QED) is 0.448. The number of hydrogen-bond donors (Lipinski definition) is 1. The van der Waals surface area contributed by atoms with Crippen LogP contribution in [0.2, 0.25) is 0 Å². The number of rotatable bonds is 7. The van der Waals surface area contributed by atoms with Crippen molar-refractivity contribution in [3.05, 3.63) is 53.1 Å². The van der Waals surface area contributed by atoms with Gasteiger partial charge in [-0.15, -0.1) is 11.6 Å². The van der Waals surface area contributed by atoms with E-state index in [-0.39, 0.29) is 5.88 Å². The van der Waals surface area contributed by atoms with E-state index in [1.807, 2.05) is 12.1 Å². The van der Waals surface area contributed by atoms with Crippen molar-refractivity contribution in [2.75, 3.05) is 33.2 Å². The Morgan fingerprint density at radius 2 is 1.78 bits per heavy atom. The Morgan fingerprint density at radius 3 is 2.41 bits per heavy atom. The number of benzene rings is 2. The van der Waals surface area contributed by atoms with Crippen molar-refractivity contribution in [3.8, 4) is 11.5 Å². The maximum Gasteiger partial charge on any atom is 0.161 e. The number of alkyl halides is 1. The smallest absolute Gasteiger partial charge is 0.161 e. The summed E-state index contributed by atoms with van der Waals surface area (Å²) in [6.45, 7) is 3.00. The van der Waals surface area contributed by atoms with Gasteiger partial charge in [0.25, 0.3) is 0 Å². The van der Waals surface area contributed by atoms with E-state index < -0.39 is 0 Å². The molecule has 0 aromatic heterocycles. The molecule has 2 aromatic rings. The molecule has 0 saturated heterocycles. The van der Waals surface area contributed by atoms with Crippen LogP contribution in [0.1, 0.15) is 16.7 Å². The highest BCUT2D eigenvalue weighted by atomic mass is 35.5. The van der Waals surface area contributed by atoms with E-state index in [0.29, 0.717) is 5.84 Å². The van der Waals surface area contributed by atoms with Crippen molar-refractivity contribution in [1.29, 1.82) is 0 Å². The molecule has 0 atom stereocenters. The predicted molar refractivity (Wildman–Crippen MR) is 111 cm³/mol. The normalized spacial score (nSPS) is 14.7. The second-order valence-electron chi connectivity index (χ2n) is 6.66. The van der Waals surface area contributed by atoms with Crippen LogP contribution in [0.25, 0.3) is 0 Å². The van der Waals surface area contributed by atoms with Gasteiger partial charge in [-0.3, -0.25) is 4.90 Å². The summed E-state index contributed by atoms with van der Waals surface area (Å²) in [7, 11) is 3.36. The molecule has 27 heavy (non-hydrogen) atoms. The number of ether oxygens (including phenoxy) is 2. The van der Waals surface area contributed by atoms with Crippen molar-refractivity contribution in [1.82, 2.24) is 4.90 Å². The van der Waals surface area contributed by atoms with Crippen LogP contribution in [-0.2, 0) is 19.4 Å². The first-order valence-electron chi connectivity index (χ1n) is 9.07. The minimum Gasteiger partial charge on any atom is -0.493 e. The minimum absolute atomic E-state index is 0.245. The number of aliphatic imine (C=N–C) groups is 1. The first-order valence-corrected chi connectivity index (χ1v) is 9.60. The van der Waals surface area contributed by atoms with Crippen molar-refractivity contribution in [3.63, 3.8) is 0 Å². The van der Waals surface area contributed by atoms with E-state index in [2.05, 4.69) is 34.2 Å². The van der Waals surface area contributed by atoms with E-state index >= 15 is 0 Å². The molecule has 1 heterocycles. The number of methoxy groups -OCH3 is 2. The van der Waals surface area contributed by atoms with E-state index in [0.717, 1.165) is 49.7 Å². The average molecular weight is 388 g/mol. The molecule has 0 aliphatic carbocycles. The van der Waals surface area contributed by atoms with Crippen LogP contribution >= 0.6 is 11.6 Å². The van der Waals surface area contributed by atoms with Gasteiger partial charge in [0.2, 0.25) is 0 Å². The SMILES string of the molecule is COc1cc2c(cc1OC)CN(CCc1ccc(N=C(N)CCl)cc1)CC2. The fourth-order valence-corrected chi connectivity index (χ4v) is 3.41. The zero-order valence-electron chi connectivity index (χ0n) is 15.9. The number of nitrogens with two attached hydrogens (primary N) is 1. The molecule has 0 radical (unpaired) electrons. The largest absolute Gasteiger partial charge is 0.493 e. The summed E-state index contributed by atoms with van der Waals surface area (Å²) in [4.78, 5) is 6.73. The molecule has 5 nitrogen and oxygen atoms in total. The van der Waals surface area contributed by atoms with Gasteiger partial charge < -0.3 is 15.2 Å². The number of fused-ring (bicyclic) bond motifs is 1. The van der Waals surface area contributed by atoms with Crippen molar-refractivity contribution < 1.29 is 9.47 Å². The summed E-state index contributed by atoms with van der Waals surface area (Å²) in [6, 6.07) is 12.4. The molecule has 2 aromatic carbocycles. The average Bonchev–Trinajstić information content (AvgIpc) is 2.71. The van der Waals surface area contributed by atoms with E-state index in [1.54, 1.807) is 14.2 Å². The Balaban J connectivity index is 1.60. The summed E-state index contributed by atoms with van der Waals surface area (Å²) >= 11 is 5.66. The van der Waals surface area contributed by atoms with Crippen molar-refractivity contribution >= 4 is 23.1 Å². The first-order chi connectivity index (χ1) is 13.1. The van der Waals surface area contributed by atoms with E-state index in [9.17, 15) is 0 Å². The summed E-state index contributed by atoms with van der Waals surface area (Å²) in [5.74, 6) is 2.28. The Labute approximate surface area is 165 Å². The number of amidine groups is 1. The molecule has 0 saturated carbocycles. The molecular formula is C21H26ClN3O2. The van der Waals surface area contributed by atoms with Crippen LogP contribution < -0.4 is 15.2 Å². The number of nitrogens with zero attached hydrogens (tertiary/aromatic N) is 2. The zero-order valence-corrected chi connectivity index (χ0v) is 16.6. The van der Waals surface area contributed by atoms with Gasteiger partial charge in [-0.05, 0) is 53.8 Å². The molecule has 3 rings (SSSR count). The molecule has 6 heteroatoms. The fourth-order valence-electron chi connectivity index (χ4n) is 3.35. The molecular weight excluding hydrogens is 362 g/mol. The Bertz CT molecular complexity index is 806. The Kier molecular flexibility index (Phi) is 6.58. The van der Waals surface area contributed by atoms with Gasteiger partial charge in [0.05, 0.1) is 25.8 Å². The van der Waals surface area contributed by atoms with E-state index in [1.165, 1.54) is 16.7 Å². The van der Waals surface area contributed by atoms with Crippen molar-refractivity contribution in [2.45, 2.75) is 19.4 Å². The summed E-state index contributed by atoms with van der Waals surface area (Å²) in [5.41, 5.74) is 10.5. The molecule has 0 fully saturated rings. The molecule has 0 amide bonds. The molecule has 0 unspecified atom stereocenters. The molecule has 0 bridgehead atoms. The Morgan fingerprint density at radius 1 is 1.11 bits per heavy atom. The molecule has 0 spiro atoms. The first kappa shape index (κ1) is 19.5. The van der Waals surface area contributed by atoms with Crippen molar-refractivity contribution in [2.24, 2.45) is 10.7 Å². The van der Waals surface area contributed by atoms with Gasteiger partial charge in [-0.2, -0.15) is 0 Å². The molecule has 1 aliphatic rings. The minimum atomic E-state index is 0.245. The number of halogens is 1. The van der Waals surface area contributed by atoms with Crippen LogP contribution in [0.15, 0.2) is 41.4 Å². The lowest BCUT2D eigenvalue weighted by atomic mass is 9.98. The van der Waals surface area contributed by atoms with Crippen LogP contribution in [0.4, 0.5) is 5.69 Å².